The van der Waals surface area contributed by atoms with E-state index in [1.807, 2.05) is 0 Å². The van der Waals surface area contributed by atoms with Crippen LogP contribution in [0.15, 0.2) is 12.4 Å². The van der Waals surface area contributed by atoms with Crippen molar-refractivity contribution >= 4 is 11.8 Å². The summed E-state index contributed by atoms with van der Waals surface area (Å²) in [7, 11) is 0. The van der Waals surface area contributed by atoms with Crippen molar-refractivity contribution in [3.8, 4) is 0 Å². The summed E-state index contributed by atoms with van der Waals surface area (Å²) < 4.78 is 0. The van der Waals surface area contributed by atoms with Gasteiger partial charge in [0.2, 0.25) is 0 Å². The second kappa shape index (κ2) is 5.33. The van der Waals surface area contributed by atoms with Crippen LogP contribution in [0.3, 0.4) is 0 Å². The first-order chi connectivity index (χ1) is 8.58. The standard InChI is InChI=1S/C13H19N3O2/c1-8-4-3-5-10(9(8)2)15-12-7-14-6-11(16-12)13(17)18/h6-10H,3-5H2,1-2H3,(H,15,16)(H,17,18). The predicted molar refractivity (Wildman–Crippen MR) is 68.6 cm³/mol. The smallest absolute Gasteiger partial charge is 0.356 e. The molecule has 5 nitrogen and oxygen atoms in total. The SMILES string of the molecule is CC1CCCC(Nc2cncc(C(=O)O)n2)C1C. The third-order valence-electron chi connectivity index (χ3n) is 3.89. The molecule has 1 saturated carbocycles. The van der Waals surface area contributed by atoms with Gasteiger partial charge in [-0.2, -0.15) is 0 Å². The highest BCUT2D eigenvalue weighted by atomic mass is 16.4. The van der Waals surface area contributed by atoms with Gasteiger partial charge in [0.1, 0.15) is 5.82 Å². The Morgan fingerprint density at radius 3 is 2.89 bits per heavy atom. The fourth-order valence-corrected chi connectivity index (χ4v) is 2.51. The van der Waals surface area contributed by atoms with Gasteiger partial charge in [-0.1, -0.05) is 26.7 Å². The lowest BCUT2D eigenvalue weighted by molar-refractivity contribution is 0.0690. The molecule has 2 N–H and O–H groups in total. The number of nitrogens with zero attached hydrogens (tertiary/aromatic N) is 2. The zero-order valence-electron chi connectivity index (χ0n) is 10.8. The van der Waals surface area contributed by atoms with Gasteiger partial charge in [-0.3, -0.25) is 4.98 Å². The number of carboxylic acids is 1. The third kappa shape index (κ3) is 2.78. The van der Waals surface area contributed by atoms with Gasteiger partial charge in [-0.05, 0) is 18.3 Å². The Bertz CT molecular complexity index is 436. The molecular weight excluding hydrogens is 230 g/mol. The van der Waals surface area contributed by atoms with Crippen molar-refractivity contribution < 1.29 is 9.90 Å². The molecule has 3 unspecified atom stereocenters. The van der Waals surface area contributed by atoms with Crippen molar-refractivity contribution in [1.82, 2.24) is 9.97 Å². The highest BCUT2D eigenvalue weighted by molar-refractivity contribution is 5.85. The number of anilines is 1. The summed E-state index contributed by atoms with van der Waals surface area (Å²) in [5.74, 6) is 0.762. The minimum absolute atomic E-state index is 0.0171. The normalized spacial score (nSPS) is 27.8. The van der Waals surface area contributed by atoms with E-state index in [4.69, 9.17) is 5.11 Å². The highest BCUT2D eigenvalue weighted by Crippen LogP contribution is 2.31. The molecule has 0 radical (unpaired) electrons. The lowest BCUT2D eigenvalue weighted by Crippen LogP contribution is -2.35. The number of hydrogen-bond donors (Lipinski definition) is 2. The molecule has 3 atom stereocenters. The first-order valence-corrected chi connectivity index (χ1v) is 6.40. The Morgan fingerprint density at radius 2 is 2.17 bits per heavy atom. The van der Waals surface area contributed by atoms with E-state index in [9.17, 15) is 4.79 Å². The zero-order chi connectivity index (χ0) is 13.1. The average Bonchev–Trinajstić information content (AvgIpc) is 2.35. The zero-order valence-corrected chi connectivity index (χ0v) is 10.8. The van der Waals surface area contributed by atoms with Crippen molar-refractivity contribution in [1.29, 1.82) is 0 Å². The van der Waals surface area contributed by atoms with Crippen LogP contribution in [0.2, 0.25) is 0 Å². The van der Waals surface area contributed by atoms with Gasteiger partial charge in [0.15, 0.2) is 5.69 Å². The second-order valence-electron chi connectivity index (χ2n) is 5.11. The van der Waals surface area contributed by atoms with E-state index in [-0.39, 0.29) is 5.69 Å². The Hall–Kier alpha value is -1.65. The summed E-state index contributed by atoms with van der Waals surface area (Å²) in [6.45, 7) is 4.49. The fourth-order valence-electron chi connectivity index (χ4n) is 2.51. The molecule has 1 fully saturated rings. The van der Waals surface area contributed by atoms with Crippen molar-refractivity contribution in [3.05, 3.63) is 18.1 Å². The van der Waals surface area contributed by atoms with Crippen LogP contribution in [0.5, 0.6) is 0 Å². The van der Waals surface area contributed by atoms with Crippen LogP contribution < -0.4 is 5.32 Å². The van der Waals surface area contributed by atoms with Gasteiger partial charge in [0, 0.05) is 6.04 Å². The number of hydrogen-bond acceptors (Lipinski definition) is 4. The molecule has 1 aliphatic carbocycles. The molecule has 0 spiro atoms. The summed E-state index contributed by atoms with van der Waals surface area (Å²) in [6.07, 6.45) is 6.42. The van der Waals surface area contributed by atoms with Crippen LogP contribution in [-0.2, 0) is 0 Å². The number of carbonyl (C=O) groups is 1. The molecule has 0 saturated heterocycles. The Labute approximate surface area is 107 Å². The predicted octanol–water partition coefficient (Wildman–Crippen LogP) is 2.41. The summed E-state index contributed by atoms with van der Waals surface area (Å²) in [6, 6.07) is 0.354. The van der Waals surface area contributed by atoms with Gasteiger partial charge in [-0.15, -0.1) is 0 Å². The largest absolute Gasteiger partial charge is 0.476 e. The fraction of sp³-hybridized carbons (Fsp3) is 0.615. The van der Waals surface area contributed by atoms with Gasteiger partial charge in [-0.25, -0.2) is 9.78 Å². The molecule has 1 aromatic heterocycles. The van der Waals surface area contributed by atoms with Gasteiger partial charge >= 0.3 is 5.97 Å². The number of carboxylic acid groups (broad SMARTS) is 1. The van der Waals surface area contributed by atoms with Crippen molar-refractivity contribution in [2.24, 2.45) is 11.8 Å². The van der Waals surface area contributed by atoms with E-state index in [2.05, 4.69) is 29.1 Å². The lowest BCUT2D eigenvalue weighted by atomic mass is 9.78. The summed E-state index contributed by atoms with van der Waals surface area (Å²) in [5.41, 5.74) is -0.0171. The first kappa shape index (κ1) is 12.8. The maximum absolute atomic E-state index is 10.8. The average molecular weight is 249 g/mol. The molecule has 0 bridgehead atoms. The van der Waals surface area contributed by atoms with E-state index >= 15 is 0 Å². The van der Waals surface area contributed by atoms with Crippen molar-refractivity contribution in [3.63, 3.8) is 0 Å². The van der Waals surface area contributed by atoms with E-state index in [0.717, 1.165) is 6.42 Å². The van der Waals surface area contributed by atoms with Crippen LogP contribution in [0, 0.1) is 11.8 Å². The molecule has 0 aromatic carbocycles. The van der Waals surface area contributed by atoms with E-state index in [0.29, 0.717) is 23.7 Å². The molecule has 18 heavy (non-hydrogen) atoms. The van der Waals surface area contributed by atoms with Crippen LogP contribution >= 0.6 is 0 Å². The third-order valence-corrected chi connectivity index (χ3v) is 3.89. The van der Waals surface area contributed by atoms with Crippen LogP contribution in [0.4, 0.5) is 5.82 Å². The summed E-state index contributed by atoms with van der Waals surface area (Å²) in [4.78, 5) is 18.8. The summed E-state index contributed by atoms with van der Waals surface area (Å²) in [5, 5.41) is 12.2. The molecule has 1 aromatic rings. The Balaban J connectivity index is 2.08. The number of aromatic nitrogens is 2. The Morgan fingerprint density at radius 1 is 1.39 bits per heavy atom. The molecule has 0 aliphatic heterocycles. The van der Waals surface area contributed by atoms with Crippen LogP contribution in [-0.4, -0.2) is 27.1 Å². The van der Waals surface area contributed by atoms with Crippen molar-refractivity contribution in [2.45, 2.75) is 39.2 Å². The first-order valence-electron chi connectivity index (χ1n) is 6.40. The van der Waals surface area contributed by atoms with E-state index < -0.39 is 5.97 Å². The van der Waals surface area contributed by atoms with Gasteiger partial charge in [0.25, 0.3) is 0 Å². The van der Waals surface area contributed by atoms with Crippen molar-refractivity contribution in [2.75, 3.05) is 5.32 Å². The molecule has 98 valence electrons. The molecule has 0 amide bonds. The molecule has 1 heterocycles. The number of aromatic carboxylic acids is 1. The number of rotatable bonds is 3. The molecular formula is C13H19N3O2. The highest BCUT2D eigenvalue weighted by Gasteiger charge is 2.27. The maximum atomic E-state index is 10.8. The van der Waals surface area contributed by atoms with E-state index in [1.165, 1.54) is 19.0 Å². The second-order valence-corrected chi connectivity index (χ2v) is 5.11. The lowest BCUT2D eigenvalue weighted by Gasteiger charge is -2.34. The minimum atomic E-state index is -1.05. The van der Waals surface area contributed by atoms with Gasteiger partial charge in [0.05, 0.1) is 12.4 Å². The maximum Gasteiger partial charge on any atom is 0.356 e. The Kier molecular flexibility index (Phi) is 3.79. The molecule has 1 aliphatic rings. The summed E-state index contributed by atoms with van der Waals surface area (Å²) >= 11 is 0. The van der Waals surface area contributed by atoms with Crippen LogP contribution in [0.25, 0.3) is 0 Å². The topological polar surface area (TPSA) is 75.1 Å². The number of nitrogens with one attached hydrogen (secondary N) is 1. The van der Waals surface area contributed by atoms with Crippen LogP contribution in [0.1, 0.15) is 43.6 Å². The van der Waals surface area contributed by atoms with E-state index in [1.54, 1.807) is 6.20 Å². The minimum Gasteiger partial charge on any atom is -0.476 e. The van der Waals surface area contributed by atoms with Gasteiger partial charge < -0.3 is 10.4 Å². The molecule has 2 rings (SSSR count). The monoisotopic (exact) mass is 249 g/mol. The molecule has 5 heteroatoms. The quantitative estimate of drug-likeness (QED) is 0.860.